The number of quaternary nitrogens is 1. The lowest BCUT2D eigenvalue weighted by molar-refractivity contribution is -0.880. The molecule has 0 aromatic carbocycles. The largest absolute Gasteiger partial charge is 0.726 e. The summed E-state index contributed by atoms with van der Waals surface area (Å²) in [5, 5.41) is 0. The number of Topliss-reactive ketones (excluding diaryl/α,β-unsaturated/α-hetero) is 1. The number of hydrogen-bond donors (Lipinski definition) is 0. The summed E-state index contributed by atoms with van der Waals surface area (Å²) >= 11 is 0. The smallest absolute Gasteiger partial charge is 0.217 e. The van der Waals surface area contributed by atoms with Gasteiger partial charge >= 0.3 is 0 Å². The quantitative estimate of drug-likeness (QED) is 0.409. The molecule has 0 amide bonds. The van der Waals surface area contributed by atoms with E-state index in [4.69, 9.17) is 0 Å². The molecule has 0 rings (SSSR count). The predicted octanol–water partition coefficient (Wildman–Crippen LogP) is 0.791. The zero-order valence-electron chi connectivity index (χ0n) is 12.1. The first-order valence-electron chi connectivity index (χ1n) is 5.90. The lowest BCUT2D eigenvalue weighted by atomic mass is 10.1. The Morgan fingerprint density at radius 1 is 1.28 bits per heavy atom. The van der Waals surface area contributed by atoms with Gasteiger partial charge in [-0.15, -0.1) is 0 Å². The highest BCUT2D eigenvalue weighted by atomic mass is 32.3. The standard InChI is InChI=1S/C9H20NO.C2H6O4S/c1-6-10(4,5)7-9(11)8(2)3;1-2-6-7(3,4)5/h8H,6-7H2,1-5H3;2H2,1H3,(H,3,4,5)/q+1;/p-1. The van der Waals surface area contributed by atoms with Gasteiger partial charge in [0.15, 0.2) is 5.78 Å². The summed E-state index contributed by atoms with van der Waals surface area (Å²) in [7, 11) is -0.257. The third-order valence-electron chi connectivity index (χ3n) is 2.35. The minimum absolute atomic E-state index is 0.0914. The maximum absolute atomic E-state index is 11.3. The topological polar surface area (TPSA) is 83.5 Å². The van der Waals surface area contributed by atoms with Crippen LogP contribution in [0, 0.1) is 5.92 Å². The van der Waals surface area contributed by atoms with Gasteiger partial charge in [0.25, 0.3) is 0 Å². The van der Waals surface area contributed by atoms with Gasteiger partial charge in [-0.2, -0.15) is 0 Å². The maximum atomic E-state index is 11.3. The van der Waals surface area contributed by atoms with E-state index in [2.05, 4.69) is 25.2 Å². The average molecular weight is 283 g/mol. The Kier molecular flexibility index (Phi) is 9.45. The van der Waals surface area contributed by atoms with Gasteiger partial charge in [-0.3, -0.25) is 8.98 Å². The SMILES string of the molecule is CCOS(=O)(=O)[O-].CC[N+](C)(C)CC(=O)C(C)C. The molecule has 0 N–H and O–H groups in total. The second kappa shape index (κ2) is 8.58. The predicted molar refractivity (Wildman–Crippen MR) is 68.7 cm³/mol. The summed E-state index contributed by atoms with van der Waals surface area (Å²) in [6.45, 7) is 9.03. The molecular formula is C11H25NO5S. The van der Waals surface area contributed by atoms with Crippen LogP contribution >= 0.6 is 0 Å². The highest BCUT2D eigenvalue weighted by molar-refractivity contribution is 7.80. The first-order valence-corrected chi connectivity index (χ1v) is 7.23. The summed E-state index contributed by atoms with van der Waals surface area (Å²) in [6, 6.07) is 0. The molecule has 6 nitrogen and oxygen atoms in total. The van der Waals surface area contributed by atoms with Crippen molar-refractivity contribution < 1.29 is 26.4 Å². The molecule has 0 radical (unpaired) electrons. The van der Waals surface area contributed by atoms with Crippen LogP contribution in [0.1, 0.15) is 27.7 Å². The van der Waals surface area contributed by atoms with E-state index in [-0.39, 0.29) is 12.5 Å². The fourth-order valence-corrected chi connectivity index (χ4v) is 1.15. The number of carbonyl (C=O) groups is 1. The normalized spacial score (nSPS) is 12.0. The summed E-state index contributed by atoms with van der Waals surface area (Å²) < 4.78 is 32.8. The minimum Gasteiger partial charge on any atom is -0.726 e. The zero-order valence-corrected chi connectivity index (χ0v) is 12.9. The van der Waals surface area contributed by atoms with Crippen LogP contribution in [0.4, 0.5) is 0 Å². The van der Waals surface area contributed by atoms with Gasteiger partial charge in [0, 0.05) is 5.92 Å². The molecule has 0 aliphatic rings. The van der Waals surface area contributed by atoms with Gasteiger partial charge in [-0.05, 0) is 13.8 Å². The van der Waals surface area contributed by atoms with Crippen molar-refractivity contribution in [2.75, 3.05) is 33.8 Å². The highest BCUT2D eigenvalue weighted by Gasteiger charge is 2.19. The van der Waals surface area contributed by atoms with Crippen molar-refractivity contribution >= 4 is 16.2 Å². The van der Waals surface area contributed by atoms with E-state index in [1.807, 2.05) is 13.8 Å². The molecule has 0 atom stereocenters. The molecule has 0 fully saturated rings. The third kappa shape index (κ3) is 13.6. The van der Waals surface area contributed by atoms with E-state index in [1.54, 1.807) is 0 Å². The number of nitrogens with zero attached hydrogens (tertiary/aromatic N) is 1. The van der Waals surface area contributed by atoms with Crippen molar-refractivity contribution in [3.8, 4) is 0 Å². The van der Waals surface area contributed by atoms with Gasteiger partial charge in [0.05, 0.1) is 27.2 Å². The second-order valence-electron chi connectivity index (χ2n) is 4.85. The number of rotatable bonds is 6. The number of carbonyl (C=O) groups excluding carboxylic acids is 1. The molecular weight excluding hydrogens is 258 g/mol. The molecule has 7 heteroatoms. The van der Waals surface area contributed by atoms with Gasteiger partial charge < -0.3 is 9.04 Å². The molecule has 0 aromatic rings. The van der Waals surface area contributed by atoms with Crippen LogP contribution in [0.5, 0.6) is 0 Å². The fourth-order valence-electron chi connectivity index (χ4n) is 0.861. The van der Waals surface area contributed by atoms with Gasteiger partial charge in [0.2, 0.25) is 10.4 Å². The third-order valence-corrected chi connectivity index (χ3v) is 2.87. The van der Waals surface area contributed by atoms with Crippen molar-refractivity contribution in [1.29, 1.82) is 0 Å². The molecule has 0 aliphatic heterocycles. The van der Waals surface area contributed by atoms with Crippen LogP contribution in [0.3, 0.4) is 0 Å². The van der Waals surface area contributed by atoms with Gasteiger partial charge in [-0.25, -0.2) is 8.42 Å². The van der Waals surface area contributed by atoms with Crippen molar-refractivity contribution in [1.82, 2.24) is 0 Å². The lowest BCUT2D eigenvalue weighted by Crippen LogP contribution is -2.44. The minimum atomic E-state index is -4.42. The molecule has 0 saturated carbocycles. The van der Waals surface area contributed by atoms with Crippen molar-refractivity contribution in [3.05, 3.63) is 0 Å². The molecule has 110 valence electrons. The Labute approximate surface area is 110 Å². The van der Waals surface area contributed by atoms with E-state index < -0.39 is 10.4 Å². The van der Waals surface area contributed by atoms with Crippen LogP contribution in [0.25, 0.3) is 0 Å². The Hall–Kier alpha value is -0.500. The van der Waals surface area contributed by atoms with Gasteiger partial charge in [-0.1, -0.05) is 13.8 Å². The molecule has 18 heavy (non-hydrogen) atoms. The van der Waals surface area contributed by atoms with E-state index >= 15 is 0 Å². The number of likely N-dealkylation sites (N-methyl/N-ethyl adjacent to an activating group) is 1. The summed E-state index contributed by atoms with van der Waals surface area (Å²) in [5.41, 5.74) is 0. The molecule has 0 spiro atoms. The highest BCUT2D eigenvalue weighted by Crippen LogP contribution is 2.01. The Bertz CT molecular complexity index is 335. The summed E-state index contributed by atoms with van der Waals surface area (Å²) in [4.78, 5) is 11.3. The Morgan fingerprint density at radius 3 is 1.89 bits per heavy atom. The Balaban J connectivity index is 0. The number of hydrogen-bond acceptors (Lipinski definition) is 5. The van der Waals surface area contributed by atoms with Crippen LogP contribution in [-0.4, -0.2) is 57.0 Å². The first kappa shape index (κ1) is 19.8. The zero-order chi connectivity index (χ0) is 15.0. The van der Waals surface area contributed by atoms with Crippen LogP contribution in [-0.2, 0) is 19.4 Å². The van der Waals surface area contributed by atoms with Crippen molar-refractivity contribution in [2.45, 2.75) is 27.7 Å². The summed E-state index contributed by atoms with van der Waals surface area (Å²) in [6.07, 6.45) is 0. The fraction of sp³-hybridized carbons (Fsp3) is 0.909. The molecule has 0 aromatic heterocycles. The number of ketones is 1. The molecule has 0 bridgehead atoms. The molecule has 0 saturated heterocycles. The van der Waals surface area contributed by atoms with Gasteiger partial charge in [0.1, 0.15) is 6.54 Å². The molecule has 0 unspecified atom stereocenters. The van der Waals surface area contributed by atoms with Crippen molar-refractivity contribution in [2.24, 2.45) is 5.92 Å². The molecule has 0 aliphatic carbocycles. The average Bonchev–Trinajstić information content (AvgIpc) is 2.16. The van der Waals surface area contributed by atoms with E-state index in [0.29, 0.717) is 12.3 Å². The van der Waals surface area contributed by atoms with E-state index in [9.17, 15) is 17.8 Å². The van der Waals surface area contributed by atoms with Crippen LogP contribution < -0.4 is 0 Å². The Morgan fingerprint density at radius 2 is 1.72 bits per heavy atom. The van der Waals surface area contributed by atoms with Crippen LogP contribution in [0.15, 0.2) is 0 Å². The van der Waals surface area contributed by atoms with E-state index in [1.165, 1.54) is 6.92 Å². The summed E-state index contributed by atoms with van der Waals surface area (Å²) in [5.74, 6) is 0.538. The second-order valence-corrected chi connectivity index (χ2v) is 5.90. The first-order chi connectivity index (χ1) is 7.95. The molecule has 0 heterocycles. The van der Waals surface area contributed by atoms with Crippen molar-refractivity contribution in [3.63, 3.8) is 0 Å². The maximum Gasteiger partial charge on any atom is 0.217 e. The van der Waals surface area contributed by atoms with Crippen LogP contribution in [0.2, 0.25) is 0 Å². The monoisotopic (exact) mass is 283 g/mol. The van der Waals surface area contributed by atoms with E-state index in [0.717, 1.165) is 11.0 Å². The lowest BCUT2D eigenvalue weighted by Gasteiger charge is -2.27.